The number of nitrogens with zero attached hydrogens (tertiary/aromatic N) is 4. The molecule has 196 valence electrons. The molecule has 2 aromatic carbocycles. The van der Waals surface area contributed by atoms with Crippen LogP contribution in [-0.2, 0) is 11.2 Å². The van der Waals surface area contributed by atoms with E-state index in [1.165, 1.54) is 11.8 Å². The fourth-order valence-electron chi connectivity index (χ4n) is 4.04. The number of thioether (sulfide) groups is 1. The highest BCUT2D eigenvalue weighted by atomic mass is 35.5. The van der Waals surface area contributed by atoms with Crippen LogP contribution in [-0.4, -0.2) is 68.6 Å². The summed E-state index contributed by atoms with van der Waals surface area (Å²) in [6.45, 7) is 3.77. The molecule has 0 atom stereocenters. The second-order valence-corrected chi connectivity index (χ2v) is 10.1. The molecule has 1 aliphatic heterocycles. The zero-order chi connectivity index (χ0) is 26.2. The lowest BCUT2D eigenvalue weighted by atomic mass is 10.1. The number of halogens is 2. The molecule has 3 aromatic rings. The molecule has 1 saturated heterocycles. The second-order valence-electron chi connectivity index (χ2n) is 8.36. The molecule has 11 heteroatoms. The van der Waals surface area contributed by atoms with Crippen LogP contribution >= 0.6 is 35.0 Å². The molecule has 2 heterocycles. The summed E-state index contributed by atoms with van der Waals surface area (Å²) in [5, 5.41) is 4.51. The quantitative estimate of drug-likeness (QED) is 0.219. The van der Waals surface area contributed by atoms with Crippen molar-refractivity contribution in [2.24, 2.45) is 0 Å². The molecule has 1 amide bonds. The minimum atomic E-state index is -0.0919. The fraction of sp³-hybridized carbons (Fsp3) is 0.346. The Morgan fingerprint density at radius 3 is 2.46 bits per heavy atom. The molecule has 4 rings (SSSR count). The third-order valence-electron chi connectivity index (χ3n) is 5.95. The Hall–Kier alpha value is -2.88. The number of carbonyl (C=O) groups excluding carboxylic acids is 1. The van der Waals surface area contributed by atoms with Gasteiger partial charge >= 0.3 is 0 Å². The van der Waals surface area contributed by atoms with E-state index in [0.717, 1.165) is 48.3 Å². The summed E-state index contributed by atoms with van der Waals surface area (Å²) in [6, 6.07) is 15.4. The van der Waals surface area contributed by atoms with Crippen molar-refractivity contribution in [1.29, 1.82) is 0 Å². The van der Waals surface area contributed by atoms with Crippen LogP contribution in [0.15, 0.2) is 53.7 Å². The van der Waals surface area contributed by atoms with Crippen LogP contribution in [0.2, 0.25) is 10.2 Å². The van der Waals surface area contributed by atoms with Gasteiger partial charge in [0, 0.05) is 49.5 Å². The largest absolute Gasteiger partial charge is 0.493 e. The van der Waals surface area contributed by atoms with Crippen molar-refractivity contribution < 1.29 is 14.3 Å². The Morgan fingerprint density at radius 2 is 1.73 bits per heavy atom. The van der Waals surface area contributed by atoms with Crippen molar-refractivity contribution >= 4 is 52.4 Å². The molecule has 37 heavy (non-hydrogen) atoms. The zero-order valence-corrected chi connectivity index (χ0v) is 23.1. The Balaban J connectivity index is 1.26. The lowest BCUT2D eigenvalue weighted by molar-refractivity contribution is -0.118. The molecule has 0 radical (unpaired) electrons. The number of anilines is 2. The lowest BCUT2D eigenvalue weighted by Crippen LogP contribution is -2.46. The Kier molecular flexibility index (Phi) is 9.60. The second kappa shape index (κ2) is 13.1. The summed E-state index contributed by atoms with van der Waals surface area (Å²) in [5.41, 5.74) is 2.16. The smallest absolute Gasteiger partial charge is 0.230 e. The monoisotopic (exact) mass is 561 g/mol. The molecule has 1 N–H and O–H groups in total. The minimum absolute atomic E-state index is 0.0919. The summed E-state index contributed by atoms with van der Waals surface area (Å²) in [5.74, 6) is 2.22. The van der Waals surface area contributed by atoms with Gasteiger partial charge in [0.15, 0.2) is 16.7 Å². The van der Waals surface area contributed by atoms with E-state index in [1.807, 2.05) is 36.4 Å². The van der Waals surface area contributed by atoms with E-state index in [4.69, 9.17) is 32.7 Å². The molecule has 0 unspecified atom stereocenters. The number of nitrogens with one attached hydrogen (secondary N) is 1. The number of rotatable bonds is 10. The first-order valence-electron chi connectivity index (χ1n) is 11.9. The van der Waals surface area contributed by atoms with Crippen LogP contribution in [0.5, 0.6) is 11.5 Å². The van der Waals surface area contributed by atoms with Gasteiger partial charge in [-0.3, -0.25) is 4.79 Å². The van der Waals surface area contributed by atoms with Crippen molar-refractivity contribution in [2.45, 2.75) is 11.6 Å². The normalized spacial score (nSPS) is 13.4. The molecular formula is C26H29Cl2N5O3S. The van der Waals surface area contributed by atoms with Crippen LogP contribution in [0.25, 0.3) is 0 Å². The predicted octanol–water partition coefficient (Wildman–Crippen LogP) is 4.58. The van der Waals surface area contributed by atoms with Gasteiger partial charge in [-0.2, -0.15) is 0 Å². The van der Waals surface area contributed by atoms with Gasteiger partial charge in [0.05, 0.1) is 20.0 Å². The summed E-state index contributed by atoms with van der Waals surface area (Å²) < 4.78 is 10.6. The predicted molar refractivity (Wildman–Crippen MR) is 150 cm³/mol. The van der Waals surface area contributed by atoms with Crippen molar-refractivity contribution in [3.8, 4) is 11.5 Å². The lowest BCUT2D eigenvalue weighted by Gasteiger charge is -2.36. The van der Waals surface area contributed by atoms with Gasteiger partial charge < -0.3 is 24.6 Å². The Labute approximate surface area is 231 Å². The maximum absolute atomic E-state index is 12.4. The van der Waals surface area contributed by atoms with Crippen molar-refractivity contribution in [3.05, 3.63) is 64.3 Å². The van der Waals surface area contributed by atoms with E-state index in [9.17, 15) is 4.79 Å². The van der Waals surface area contributed by atoms with Crippen LogP contribution in [0.3, 0.4) is 0 Å². The van der Waals surface area contributed by atoms with E-state index in [-0.39, 0.29) is 11.7 Å². The minimum Gasteiger partial charge on any atom is -0.493 e. The molecular weight excluding hydrogens is 533 g/mol. The molecule has 0 saturated carbocycles. The molecule has 1 aromatic heterocycles. The van der Waals surface area contributed by atoms with Crippen LogP contribution in [0.1, 0.15) is 5.56 Å². The summed E-state index contributed by atoms with van der Waals surface area (Å²) >= 11 is 13.7. The Bertz CT molecular complexity index is 1220. The molecule has 1 aliphatic rings. The van der Waals surface area contributed by atoms with E-state index in [2.05, 4.69) is 31.2 Å². The van der Waals surface area contributed by atoms with Gasteiger partial charge in [0.1, 0.15) is 11.0 Å². The van der Waals surface area contributed by atoms with Gasteiger partial charge in [-0.25, -0.2) is 9.97 Å². The van der Waals surface area contributed by atoms with E-state index >= 15 is 0 Å². The first-order valence-corrected chi connectivity index (χ1v) is 13.6. The number of ether oxygens (including phenoxy) is 2. The van der Waals surface area contributed by atoms with Gasteiger partial charge in [-0.15, -0.1) is 0 Å². The third kappa shape index (κ3) is 7.56. The van der Waals surface area contributed by atoms with Crippen LogP contribution in [0.4, 0.5) is 11.5 Å². The van der Waals surface area contributed by atoms with Gasteiger partial charge in [-0.1, -0.05) is 47.1 Å². The van der Waals surface area contributed by atoms with Crippen molar-refractivity contribution in [2.75, 3.05) is 62.5 Å². The number of hydrogen-bond donors (Lipinski definition) is 1. The van der Waals surface area contributed by atoms with E-state index in [1.54, 1.807) is 20.3 Å². The molecule has 0 aliphatic carbocycles. The Morgan fingerprint density at radius 1 is 0.973 bits per heavy atom. The van der Waals surface area contributed by atoms with Crippen LogP contribution in [0, 0.1) is 0 Å². The summed E-state index contributed by atoms with van der Waals surface area (Å²) in [6.07, 6.45) is 0.676. The van der Waals surface area contributed by atoms with E-state index < -0.39 is 0 Å². The molecule has 0 spiro atoms. The number of carbonyl (C=O) groups is 1. The number of piperazine rings is 1. The average molecular weight is 563 g/mol. The van der Waals surface area contributed by atoms with Crippen molar-refractivity contribution in [3.63, 3.8) is 0 Å². The van der Waals surface area contributed by atoms with Crippen molar-refractivity contribution in [1.82, 2.24) is 15.3 Å². The first-order chi connectivity index (χ1) is 17.9. The maximum Gasteiger partial charge on any atom is 0.230 e. The number of hydrogen-bond acceptors (Lipinski definition) is 8. The summed E-state index contributed by atoms with van der Waals surface area (Å²) in [7, 11) is 3.20. The third-order valence-corrected chi connectivity index (χ3v) is 7.23. The maximum atomic E-state index is 12.4. The van der Waals surface area contributed by atoms with Gasteiger partial charge in [0.25, 0.3) is 0 Å². The number of amides is 1. The molecule has 8 nitrogen and oxygen atoms in total. The standard InChI is InChI=1S/C26H29Cl2N5O3S/c1-35-21-7-6-18(14-22(21)36-2)8-9-29-25(34)17-37-26-30-23(28)16-24(31-26)33-12-10-32(11-13-33)20-5-3-4-19(27)15-20/h3-7,14-16H,8-13,17H2,1-2H3,(H,29,34). The van der Waals surface area contributed by atoms with E-state index in [0.29, 0.717) is 34.8 Å². The number of benzene rings is 2. The fourth-order valence-corrected chi connectivity index (χ4v) is 5.14. The zero-order valence-electron chi connectivity index (χ0n) is 20.7. The number of aromatic nitrogens is 2. The first kappa shape index (κ1) is 27.2. The highest BCUT2D eigenvalue weighted by Gasteiger charge is 2.20. The highest BCUT2D eigenvalue weighted by molar-refractivity contribution is 7.99. The van der Waals surface area contributed by atoms with Crippen LogP contribution < -0.4 is 24.6 Å². The number of methoxy groups -OCH3 is 2. The molecule has 0 bridgehead atoms. The molecule has 1 fully saturated rings. The SMILES string of the molecule is COc1ccc(CCNC(=O)CSc2nc(Cl)cc(N3CCN(c4cccc(Cl)c4)CC3)n2)cc1OC. The van der Waals surface area contributed by atoms with Gasteiger partial charge in [-0.05, 0) is 42.3 Å². The topological polar surface area (TPSA) is 79.8 Å². The summed E-state index contributed by atoms with van der Waals surface area (Å²) in [4.78, 5) is 25.8. The van der Waals surface area contributed by atoms with Gasteiger partial charge in [0.2, 0.25) is 5.91 Å². The highest BCUT2D eigenvalue weighted by Crippen LogP contribution is 2.28. The average Bonchev–Trinajstić information content (AvgIpc) is 2.91.